The monoisotopic (exact) mass is 241 g/mol. The van der Waals surface area contributed by atoms with Crippen LogP contribution in [0.15, 0.2) is 0 Å². The van der Waals surface area contributed by atoms with Gasteiger partial charge in [-0.25, -0.2) is 0 Å². The minimum Gasteiger partial charge on any atom is -0.354 e. The summed E-state index contributed by atoms with van der Waals surface area (Å²) in [6.45, 7) is 7.13. The molecule has 17 heavy (non-hydrogen) atoms. The van der Waals surface area contributed by atoms with Crippen molar-refractivity contribution >= 4 is 5.91 Å². The molecule has 1 heterocycles. The summed E-state index contributed by atoms with van der Waals surface area (Å²) < 4.78 is 0. The highest BCUT2D eigenvalue weighted by Gasteiger charge is 2.21. The largest absolute Gasteiger partial charge is 0.354 e. The topological polar surface area (TPSA) is 35.6 Å². The number of nitrogens with zero attached hydrogens (tertiary/aromatic N) is 2. The number of piperidine rings is 1. The minimum atomic E-state index is 0.173. The van der Waals surface area contributed by atoms with Crippen molar-refractivity contribution in [1.29, 1.82) is 0 Å². The van der Waals surface area contributed by atoms with Crippen LogP contribution in [0.25, 0.3) is 0 Å². The van der Waals surface area contributed by atoms with E-state index in [2.05, 4.69) is 29.2 Å². The van der Waals surface area contributed by atoms with Gasteiger partial charge in [-0.2, -0.15) is 0 Å². The molecule has 1 rings (SSSR count). The third kappa shape index (κ3) is 5.50. The molecule has 0 saturated carbocycles. The molecule has 0 aromatic heterocycles. The average molecular weight is 241 g/mol. The van der Waals surface area contributed by atoms with Gasteiger partial charge in [0.05, 0.1) is 0 Å². The van der Waals surface area contributed by atoms with E-state index in [1.807, 2.05) is 13.8 Å². The highest BCUT2D eigenvalue weighted by Crippen LogP contribution is 2.13. The zero-order valence-electron chi connectivity index (χ0n) is 11.7. The molecule has 1 fully saturated rings. The Bertz CT molecular complexity index is 241. The maximum absolute atomic E-state index is 11.6. The van der Waals surface area contributed by atoms with Gasteiger partial charge < -0.3 is 15.1 Å². The van der Waals surface area contributed by atoms with Crippen LogP contribution in [0.4, 0.5) is 0 Å². The lowest BCUT2D eigenvalue weighted by Crippen LogP contribution is -2.46. The quantitative estimate of drug-likeness (QED) is 0.778. The number of amides is 1. The van der Waals surface area contributed by atoms with E-state index < -0.39 is 0 Å². The van der Waals surface area contributed by atoms with Crippen molar-refractivity contribution in [3.8, 4) is 0 Å². The Morgan fingerprint density at radius 3 is 2.76 bits per heavy atom. The molecule has 1 unspecified atom stereocenters. The van der Waals surface area contributed by atoms with E-state index in [1.165, 1.54) is 12.8 Å². The number of nitrogens with one attached hydrogen (secondary N) is 1. The van der Waals surface area contributed by atoms with Gasteiger partial charge in [-0.3, -0.25) is 4.79 Å². The van der Waals surface area contributed by atoms with E-state index in [1.54, 1.807) is 0 Å². The van der Waals surface area contributed by atoms with Gasteiger partial charge in [0.25, 0.3) is 0 Å². The van der Waals surface area contributed by atoms with E-state index in [-0.39, 0.29) is 11.9 Å². The predicted octanol–water partition coefficient (Wildman–Crippen LogP) is 0.927. The van der Waals surface area contributed by atoms with Crippen molar-refractivity contribution in [2.24, 2.45) is 0 Å². The molecule has 4 heteroatoms. The SMILES string of the molecule is CC(C)NC(=O)CCN1CCCC(N(C)C)C1. The highest BCUT2D eigenvalue weighted by molar-refractivity contribution is 5.76. The first-order valence-corrected chi connectivity index (χ1v) is 6.67. The Balaban J connectivity index is 2.25. The van der Waals surface area contributed by atoms with Crippen LogP contribution >= 0.6 is 0 Å². The summed E-state index contributed by atoms with van der Waals surface area (Å²) in [5, 5.41) is 2.94. The fourth-order valence-electron chi connectivity index (χ4n) is 2.31. The van der Waals surface area contributed by atoms with Crippen molar-refractivity contribution in [2.45, 2.75) is 45.2 Å². The smallest absolute Gasteiger partial charge is 0.221 e. The number of carbonyl (C=O) groups is 1. The first kappa shape index (κ1) is 14.5. The lowest BCUT2D eigenvalue weighted by Gasteiger charge is -2.36. The van der Waals surface area contributed by atoms with E-state index in [0.717, 1.165) is 19.6 Å². The van der Waals surface area contributed by atoms with Gasteiger partial charge in [0.15, 0.2) is 0 Å². The normalized spacial score (nSPS) is 22.1. The average Bonchev–Trinajstić information content (AvgIpc) is 2.26. The summed E-state index contributed by atoms with van der Waals surface area (Å²) in [6.07, 6.45) is 3.15. The second kappa shape index (κ2) is 6.97. The van der Waals surface area contributed by atoms with Crippen LogP contribution in [0.2, 0.25) is 0 Å². The Kier molecular flexibility index (Phi) is 5.92. The van der Waals surface area contributed by atoms with Gasteiger partial charge in [0.2, 0.25) is 5.91 Å². The second-order valence-electron chi connectivity index (χ2n) is 5.53. The van der Waals surface area contributed by atoms with Crippen LogP contribution in [-0.2, 0) is 4.79 Å². The standard InChI is InChI=1S/C13H27N3O/c1-11(2)14-13(17)7-9-16-8-5-6-12(10-16)15(3)4/h11-12H,5-10H2,1-4H3,(H,14,17). The second-order valence-corrected chi connectivity index (χ2v) is 5.53. The third-order valence-electron chi connectivity index (χ3n) is 3.32. The van der Waals surface area contributed by atoms with E-state index in [9.17, 15) is 4.79 Å². The van der Waals surface area contributed by atoms with Gasteiger partial charge in [-0.05, 0) is 47.3 Å². The fraction of sp³-hybridized carbons (Fsp3) is 0.923. The predicted molar refractivity (Wildman–Crippen MR) is 71.0 cm³/mol. The molecule has 0 bridgehead atoms. The molecule has 0 aromatic rings. The van der Waals surface area contributed by atoms with E-state index in [0.29, 0.717) is 12.5 Å². The van der Waals surface area contributed by atoms with Crippen LogP contribution in [0.5, 0.6) is 0 Å². The molecule has 0 aliphatic carbocycles. The van der Waals surface area contributed by atoms with Crippen molar-refractivity contribution in [1.82, 2.24) is 15.1 Å². The molecule has 1 N–H and O–H groups in total. The van der Waals surface area contributed by atoms with Crippen LogP contribution in [0.3, 0.4) is 0 Å². The zero-order chi connectivity index (χ0) is 12.8. The Hall–Kier alpha value is -0.610. The van der Waals surface area contributed by atoms with E-state index >= 15 is 0 Å². The summed E-state index contributed by atoms with van der Waals surface area (Å²) in [5.41, 5.74) is 0. The molecule has 1 aliphatic rings. The number of likely N-dealkylation sites (tertiary alicyclic amines) is 1. The van der Waals surface area contributed by atoms with Crippen LogP contribution in [-0.4, -0.2) is 61.5 Å². The Morgan fingerprint density at radius 2 is 2.18 bits per heavy atom. The number of hydrogen-bond acceptors (Lipinski definition) is 3. The molecular weight excluding hydrogens is 214 g/mol. The van der Waals surface area contributed by atoms with Gasteiger partial charge in [-0.15, -0.1) is 0 Å². The van der Waals surface area contributed by atoms with Crippen LogP contribution < -0.4 is 5.32 Å². The van der Waals surface area contributed by atoms with Gasteiger partial charge in [-0.1, -0.05) is 0 Å². The lowest BCUT2D eigenvalue weighted by atomic mass is 10.0. The molecule has 1 aliphatic heterocycles. The maximum Gasteiger partial charge on any atom is 0.221 e. The molecule has 0 aromatic carbocycles. The fourth-order valence-corrected chi connectivity index (χ4v) is 2.31. The van der Waals surface area contributed by atoms with Crippen molar-refractivity contribution in [3.63, 3.8) is 0 Å². The molecule has 1 atom stereocenters. The zero-order valence-corrected chi connectivity index (χ0v) is 11.7. The first-order valence-electron chi connectivity index (χ1n) is 6.67. The molecule has 1 amide bonds. The Morgan fingerprint density at radius 1 is 1.47 bits per heavy atom. The molecular formula is C13H27N3O. The minimum absolute atomic E-state index is 0.173. The van der Waals surface area contributed by atoms with E-state index in [4.69, 9.17) is 0 Å². The molecule has 0 spiro atoms. The Labute approximate surface area is 105 Å². The summed E-state index contributed by atoms with van der Waals surface area (Å²) in [4.78, 5) is 16.3. The molecule has 0 radical (unpaired) electrons. The van der Waals surface area contributed by atoms with Gasteiger partial charge in [0, 0.05) is 31.6 Å². The third-order valence-corrected chi connectivity index (χ3v) is 3.32. The van der Waals surface area contributed by atoms with Crippen molar-refractivity contribution in [2.75, 3.05) is 33.7 Å². The maximum atomic E-state index is 11.6. The molecule has 100 valence electrons. The van der Waals surface area contributed by atoms with Gasteiger partial charge >= 0.3 is 0 Å². The molecule has 1 saturated heterocycles. The number of rotatable bonds is 5. The number of likely N-dealkylation sites (N-methyl/N-ethyl adjacent to an activating group) is 1. The van der Waals surface area contributed by atoms with Crippen LogP contribution in [0.1, 0.15) is 33.1 Å². The lowest BCUT2D eigenvalue weighted by molar-refractivity contribution is -0.122. The van der Waals surface area contributed by atoms with Crippen molar-refractivity contribution < 1.29 is 4.79 Å². The van der Waals surface area contributed by atoms with Crippen LogP contribution in [0, 0.1) is 0 Å². The summed E-state index contributed by atoms with van der Waals surface area (Å²) in [5.74, 6) is 0.173. The molecule has 4 nitrogen and oxygen atoms in total. The highest BCUT2D eigenvalue weighted by atomic mass is 16.1. The number of hydrogen-bond donors (Lipinski definition) is 1. The van der Waals surface area contributed by atoms with Crippen molar-refractivity contribution in [3.05, 3.63) is 0 Å². The van der Waals surface area contributed by atoms with Gasteiger partial charge in [0.1, 0.15) is 0 Å². The first-order chi connectivity index (χ1) is 7.99. The summed E-state index contributed by atoms with van der Waals surface area (Å²) in [6, 6.07) is 0.898. The number of carbonyl (C=O) groups excluding carboxylic acids is 1. The summed E-state index contributed by atoms with van der Waals surface area (Å²) in [7, 11) is 4.28. The summed E-state index contributed by atoms with van der Waals surface area (Å²) >= 11 is 0.